The van der Waals surface area contributed by atoms with E-state index in [0.29, 0.717) is 6.04 Å². The van der Waals surface area contributed by atoms with Crippen LogP contribution in [-0.4, -0.2) is 29.6 Å². The van der Waals surface area contributed by atoms with Crippen molar-refractivity contribution in [1.82, 2.24) is 4.90 Å². The van der Waals surface area contributed by atoms with Gasteiger partial charge < -0.3 is 5.73 Å². The summed E-state index contributed by atoms with van der Waals surface area (Å²) >= 11 is 0. The standard InChI is InChI=1S/C17H36N2/c1-6-16(7-2)19(12-14(3)4)17(13-18)10-8-9-15(5)11-17/h14-16H,6-13,18H2,1-5H3. The zero-order valence-electron chi connectivity index (χ0n) is 13.9. The highest BCUT2D eigenvalue weighted by Crippen LogP contribution is 2.38. The second kappa shape index (κ2) is 7.64. The first-order valence-electron chi connectivity index (χ1n) is 8.45. The quantitative estimate of drug-likeness (QED) is 0.755. The molecule has 1 saturated carbocycles. The predicted octanol–water partition coefficient (Wildman–Crippen LogP) is 4.04. The van der Waals surface area contributed by atoms with Gasteiger partial charge >= 0.3 is 0 Å². The van der Waals surface area contributed by atoms with Gasteiger partial charge in [-0.05, 0) is 37.5 Å². The van der Waals surface area contributed by atoms with Gasteiger partial charge in [0.05, 0.1) is 0 Å². The Kier molecular flexibility index (Phi) is 6.82. The molecule has 0 aliphatic heterocycles. The summed E-state index contributed by atoms with van der Waals surface area (Å²) < 4.78 is 0. The molecule has 0 aromatic rings. The molecule has 1 aliphatic rings. The molecule has 2 unspecified atom stereocenters. The van der Waals surface area contributed by atoms with Gasteiger partial charge in [-0.3, -0.25) is 4.90 Å². The highest BCUT2D eigenvalue weighted by molar-refractivity contribution is 4.98. The van der Waals surface area contributed by atoms with Crippen LogP contribution in [0.3, 0.4) is 0 Å². The smallest absolute Gasteiger partial charge is 0.0337 e. The average Bonchev–Trinajstić information content (AvgIpc) is 2.38. The normalized spacial score (nSPS) is 28.6. The minimum atomic E-state index is 0.276. The fourth-order valence-corrected chi connectivity index (χ4v) is 4.05. The topological polar surface area (TPSA) is 29.3 Å². The lowest BCUT2D eigenvalue weighted by Crippen LogP contribution is -2.60. The summed E-state index contributed by atoms with van der Waals surface area (Å²) in [7, 11) is 0. The second-order valence-electron chi connectivity index (χ2n) is 7.15. The molecule has 19 heavy (non-hydrogen) atoms. The maximum Gasteiger partial charge on any atom is 0.0337 e. The number of hydrogen-bond acceptors (Lipinski definition) is 2. The maximum absolute atomic E-state index is 6.28. The molecule has 1 fully saturated rings. The summed E-state index contributed by atoms with van der Waals surface area (Å²) in [5.41, 5.74) is 6.56. The third-order valence-electron chi connectivity index (χ3n) is 5.00. The number of rotatable bonds is 7. The molecule has 114 valence electrons. The Morgan fingerprint density at radius 2 is 1.89 bits per heavy atom. The zero-order valence-corrected chi connectivity index (χ0v) is 13.9. The van der Waals surface area contributed by atoms with Gasteiger partial charge in [-0.2, -0.15) is 0 Å². The van der Waals surface area contributed by atoms with E-state index in [1.54, 1.807) is 0 Å². The van der Waals surface area contributed by atoms with Gasteiger partial charge in [0.2, 0.25) is 0 Å². The predicted molar refractivity (Wildman–Crippen MR) is 85.3 cm³/mol. The summed E-state index contributed by atoms with van der Waals surface area (Å²) in [5.74, 6) is 1.56. The molecule has 0 amide bonds. The molecule has 2 nitrogen and oxygen atoms in total. The number of hydrogen-bond donors (Lipinski definition) is 1. The van der Waals surface area contributed by atoms with Crippen LogP contribution in [-0.2, 0) is 0 Å². The molecular weight excluding hydrogens is 232 g/mol. The molecule has 0 aromatic heterocycles. The van der Waals surface area contributed by atoms with E-state index >= 15 is 0 Å². The molecule has 1 rings (SSSR count). The summed E-state index contributed by atoms with van der Waals surface area (Å²) in [6.07, 6.45) is 7.84. The Bertz CT molecular complexity index is 248. The molecule has 0 saturated heterocycles. The van der Waals surface area contributed by atoms with E-state index < -0.39 is 0 Å². The van der Waals surface area contributed by atoms with Crippen LogP contribution >= 0.6 is 0 Å². The van der Waals surface area contributed by atoms with Crippen LogP contribution in [0.1, 0.15) is 73.1 Å². The van der Waals surface area contributed by atoms with Crippen molar-refractivity contribution in [3.63, 3.8) is 0 Å². The number of nitrogens with zero attached hydrogens (tertiary/aromatic N) is 1. The van der Waals surface area contributed by atoms with Crippen LogP contribution in [0.4, 0.5) is 0 Å². The Morgan fingerprint density at radius 3 is 2.32 bits per heavy atom. The summed E-state index contributed by atoms with van der Waals surface area (Å²) in [6, 6.07) is 0.705. The Labute approximate surface area is 121 Å². The first-order chi connectivity index (χ1) is 8.99. The van der Waals surface area contributed by atoms with Crippen molar-refractivity contribution in [1.29, 1.82) is 0 Å². The SMILES string of the molecule is CCC(CC)N(CC(C)C)C1(CN)CCCC(C)C1. The van der Waals surface area contributed by atoms with Crippen molar-refractivity contribution in [3.8, 4) is 0 Å². The molecule has 0 heterocycles. The molecular formula is C17H36N2. The van der Waals surface area contributed by atoms with Gasteiger partial charge in [-0.15, -0.1) is 0 Å². The van der Waals surface area contributed by atoms with Crippen molar-refractivity contribution >= 4 is 0 Å². The summed E-state index contributed by atoms with van der Waals surface area (Å²) in [6.45, 7) is 13.8. The monoisotopic (exact) mass is 268 g/mol. The van der Waals surface area contributed by atoms with Crippen molar-refractivity contribution in [2.45, 2.75) is 84.7 Å². The van der Waals surface area contributed by atoms with Gasteiger partial charge in [-0.1, -0.05) is 47.5 Å². The Balaban J connectivity index is 2.96. The van der Waals surface area contributed by atoms with Crippen molar-refractivity contribution in [2.75, 3.05) is 13.1 Å². The first-order valence-corrected chi connectivity index (χ1v) is 8.45. The van der Waals surface area contributed by atoms with Gasteiger partial charge in [-0.25, -0.2) is 0 Å². The van der Waals surface area contributed by atoms with E-state index in [2.05, 4.69) is 39.5 Å². The minimum Gasteiger partial charge on any atom is -0.329 e. The van der Waals surface area contributed by atoms with Crippen molar-refractivity contribution in [2.24, 2.45) is 17.6 Å². The van der Waals surface area contributed by atoms with Gasteiger partial charge in [0.1, 0.15) is 0 Å². The zero-order chi connectivity index (χ0) is 14.5. The van der Waals surface area contributed by atoms with E-state index in [4.69, 9.17) is 5.73 Å². The van der Waals surface area contributed by atoms with Crippen LogP contribution in [0, 0.1) is 11.8 Å². The van der Waals surface area contributed by atoms with Crippen molar-refractivity contribution < 1.29 is 0 Å². The molecule has 2 atom stereocenters. The average molecular weight is 268 g/mol. The molecule has 0 aromatic carbocycles. The molecule has 0 spiro atoms. The van der Waals surface area contributed by atoms with E-state index in [-0.39, 0.29) is 5.54 Å². The minimum absolute atomic E-state index is 0.276. The van der Waals surface area contributed by atoms with Crippen LogP contribution in [0.5, 0.6) is 0 Å². The fraction of sp³-hybridized carbons (Fsp3) is 1.00. The summed E-state index contributed by atoms with van der Waals surface area (Å²) in [4.78, 5) is 2.80. The van der Waals surface area contributed by atoms with E-state index in [9.17, 15) is 0 Å². The lowest BCUT2D eigenvalue weighted by molar-refractivity contribution is -0.00705. The van der Waals surface area contributed by atoms with Crippen LogP contribution < -0.4 is 5.73 Å². The number of nitrogens with two attached hydrogens (primary N) is 1. The molecule has 1 aliphatic carbocycles. The highest BCUT2D eigenvalue weighted by atomic mass is 15.2. The molecule has 0 bridgehead atoms. The van der Waals surface area contributed by atoms with Gasteiger partial charge in [0, 0.05) is 24.7 Å². The third-order valence-corrected chi connectivity index (χ3v) is 5.00. The third kappa shape index (κ3) is 4.19. The highest BCUT2D eigenvalue weighted by Gasteiger charge is 2.41. The van der Waals surface area contributed by atoms with Crippen molar-refractivity contribution in [3.05, 3.63) is 0 Å². The lowest BCUT2D eigenvalue weighted by Gasteiger charge is -2.51. The Morgan fingerprint density at radius 1 is 1.26 bits per heavy atom. The molecule has 0 radical (unpaired) electrons. The molecule has 2 heteroatoms. The van der Waals surface area contributed by atoms with E-state index in [1.807, 2.05) is 0 Å². The van der Waals surface area contributed by atoms with Gasteiger partial charge in [0.25, 0.3) is 0 Å². The maximum atomic E-state index is 6.28. The van der Waals surface area contributed by atoms with Crippen LogP contribution in [0.15, 0.2) is 0 Å². The van der Waals surface area contributed by atoms with E-state index in [0.717, 1.165) is 18.4 Å². The fourth-order valence-electron chi connectivity index (χ4n) is 4.05. The molecule has 2 N–H and O–H groups in total. The first kappa shape index (κ1) is 17.0. The Hall–Kier alpha value is -0.0800. The lowest BCUT2D eigenvalue weighted by atomic mass is 9.74. The van der Waals surface area contributed by atoms with E-state index in [1.165, 1.54) is 45.1 Å². The largest absolute Gasteiger partial charge is 0.329 e. The summed E-state index contributed by atoms with van der Waals surface area (Å²) in [5, 5.41) is 0. The van der Waals surface area contributed by atoms with Gasteiger partial charge in [0.15, 0.2) is 0 Å². The second-order valence-corrected chi connectivity index (χ2v) is 7.15. The van der Waals surface area contributed by atoms with Crippen LogP contribution in [0.25, 0.3) is 0 Å². The van der Waals surface area contributed by atoms with Crippen LogP contribution in [0.2, 0.25) is 0 Å².